The van der Waals surface area contributed by atoms with Gasteiger partial charge in [0.2, 0.25) is 5.70 Å². The molecule has 0 amide bonds. The van der Waals surface area contributed by atoms with Crippen molar-refractivity contribution in [1.29, 1.82) is 0 Å². The van der Waals surface area contributed by atoms with Gasteiger partial charge in [0, 0.05) is 21.8 Å². The molecule has 1 aromatic heterocycles. The molecule has 0 unspecified atom stereocenters. The lowest BCUT2D eigenvalue weighted by molar-refractivity contribution is -0.578. The molecule has 1 heterocycles. The van der Waals surface area contributed by atoms with Gasteiger partial charge in [0.05, 0.1) is 13.7 Å². The maximum atomic E-state index is 13.4. The van der Waals surface area contributed by atoms with Crippen LogP contribution in [0.4, 0.5) is 5.69 Å². The van der Waals surface area contributed by atoms with E-state index in [1.807, 2.05) is 18.2 Å². The van der Waals surface area contributed by atoms with E-state index in [-0.39, 0.29) is 23.1 Å². The number of aromatic nitrogens is 1. The van der Waals surface area contributed by atoms with Crippen LogP contribution in [0.1, 0.15) is 11.1 Å². The van der Waals surface area contributed by atoms with Crippen LogP contribution < -0.4 is 19.7 Å². The second kappa shape index (κ2) is 9.65. The normalized spacial score (nSPS) is 11.6. The molecule has 2 aromatic carbocycles. The van der Waals surface area contributed by atoms with E-state index >= 15 is 0 Å². The van der Waals surface area contributed by atoms with Crippen molar-refractivity contribution in [3.8, 4) is 5.75 Å². The Morgan fingerprint density at radius 3 is 2.52 bits per heavy atom. The molecule has 0 radical (unpaired) electrons. The van der Waals surface area contributed by atoms with Crippen LogP contribution in [0.15, 0.2) is 77.5 Å². The molecule has 0 atom stereocenters. The Bertz CT molecular complexity index is 1050. The van der Waals surface area contributed by atoms with Crippen molar-refractivity contribution in [1.82, 2.24) is 0 Å². The van der Waals surface area contributed by atoms with Crippen LogP contribution in [0.25, 0.3) is 11.5 Å². The Labute approximate surface area is 183 Å². The molecular weight excluding hydrogens is 452 g/mol. The molecule has 0 saturated carbocycles. The number of hydrogen-bond donors (Lipinski definition) is 2. The lowest BCUT2D eigenvalue weighted by Crippen LogP contribution is -2.40. The van der Waals surface area contributed by atoms with Gasteiger partial charge in [-0.15, -0.1) is 0 Å². The van der Waals surface area contributed by atoms with E-state index in [0.717, 1.165) is 11.4 Å². The number of nitrogens with one attached hydrogen (secondary N) is 1. The minimum Gasteiger partial charge on any atom is -0.867 e. The van der Waals surface area contributed by atoms with Gasteiger partial charge < -0.3 is 20.3 Å². The molecule has 0 fully saturated rings. The molecule has 0 aliphatic rings. The lowest BCUT2D eigenvalue weighted by atomic mass is 10.1. The average Bonchev–Trinajstić information content (AvgIpc) is 2.75. The van der Waals surface area contributed by atoms with E-state index in [9.17, 15) is 10.2 Å². The first-order chi connectivity index (χ1) is 14.0. The molecule has 148 valence electrons. The summed E-state index contributed by atoms with van der Waals surface area (Å²) < 4.78 is 7.48. The summed E-state index contributed by atoms with van der Waals surface area (Å²) in [7, 11) is 1.60. The second-order valence-corrected chi connectivity index (χ2v) is 7.38. The molecule has 0 aliphatic heterocycles. The highest BCUT2D eigenvalue weighted by Gasteiger charge is 2.20. The van der Waals surface area contributed by atoms with Crippen LogP contribution in [-0.4, -0.2) is 17.2 Å². The predicted molar refractivity (Wildman–Crippen MR) is 119 cm³/mol. The number of rotatable bonds is 6. The summed E-state index contributed by atoms with van der Waals surface area (Å²) in [6.07, 6.45) is 3.41. The summed E-state index contributed by atoms with van der Waals surface area (Å²) in [6.45, 7) is -0.143. The molecule has 2 N–H and O–H groups in total. The van der Waals surface area contributed by atoms with Crippen LogP contribution >= 0.6 is 28.1 Å². The summed E-state index contributed by atoms with van der Waals surface area (Å²) in [4.78, 5) is 0.260. The molecule has 3 aromatic rings. The SMILES string of the molecule is COc1ccc(NC(=S)/C(=C(\[O-])c2ccccc2Br)[n+]2cccc(CO)c2)cc1. The number of thiocarbonyl (C=S) groups is 1. The number of ether oxygens (including phenoxy) is 1. The number of aliphatic hydroxyl groups is 1. The highest BCUT2D eigenvalue weighted by molar-refractivity contribution is 9.10. The molecule has 0 saturated heterocycles. The molecule has 7 heteroatoms. The number of anilines is 1. The van der Waals surface area contributed by atoms with Gasteiger partial charge in [-0.05, 0) is 47.7 Å². The maximum Gasteiger partial charge on any atom is 0.238 e. The van der Waals surface area contributed by atoms with Gasteiger partial charge >= 0.3 is 0 Å². The minimum absolute atomic E-state index is 0.143. The number of methoxy groups -OCH3 is 1. The van der Waals surface area contributed by atoms with Crippen LogP contribution in [0, 0.1) is 0 Å². The third-order valence-corrected chi connectivity index (χ3v) is 5.19. The molecule has 0 bridgehead atoms. The molecule has 0 aliphatic carbocycles. The lowest BCUT2D eigenvalue weighted by Gasteiger charge is -2.18. The fourth-order valence-corrected chi connectivity index (χ4v) is 3.51. The van der Waals surface area contributed by atoms with Crippen molar-refractivity contribution in [2.45, 2.75) is 6.61 Å². The first kappa shape index (κ1) is 21.0. The molecular formula is C22H19BrN2O3S. The Morgan fingerprint density at radius 2 is 1.86 bits per heavy atom. The monoisotopic (exact) mass is 470 g/mol. The number of halogens is 1. The number of benzene rings is 2. The number of hydrogen-bond acceptors (Lipinski definition) is 4. The van der Waals surface area contributed by atoms with Gasteiger partial charge in [0.1, 0.15) is 5.75 Å². The van der Waals surface area contributed by atoms with Crippen molar-refractivity contribution in [3.63, 3.8) is 0 Å². The van der Waals surface area contributed by atoms with Crippen molar-refractivity contribution in [2.24, 2.45) is 0 Å². The van der Waals surface area contributed by atoms with Crippen LogP contribution in [0.3, 0.4) is 0 Å². The van der Waals surface area contributed by atoms with Gasteiger partial charge in [-0.25, -0.2) is 0 Å². The molecule has 5 nitrogen and oxygen atoms in total. The summed E-state index contributed by atoms with van der Waals surface area (Å²) in [6, 6.07) is 18.0. The topological polar surface area (TPSA) is 68.4 Å². The number of nitrogens with zero attached hydrogens (tertiary/aromatic N) is 1. The quantitative estimate of drug-likeness (QED) is 0.250. The van der Waals surface area contributed by atoms with Gasteiger partial charge in [0.15, 0.2) is 17.4 Å². The first-order valence-electron chi connectivity index (χ1n) is 8.76. The third kappa shape index (κ3) is 5.00. The third-order valence-electron chi connectivity index (χ3n) is 4.20. The van der Waals surface area contributed by atoms with Crippen LogP contribution in [0.5, 0.6) is 5.75 Å². The minimum atomic E-state index is -0.247. The van der Waals surface area contributed by atoms with Crippen molar-refractivity contribution in [2.75, 3.05) is 12.4 Å². The number of aliphatic hydroxyl groups excluding tert-OH is 1. The predicted octanol–water partition coefficient (Wildman–Crippen LogP) is 3.36. The maximum absolute atomic E-state index is 13.4. The summed E-state index contributed by atoms with van der Waals surface area (Å²) in [5.74, 6) is 0.476. The highest BCUT2D eigenvalue weighted by atomic mass is 79.9. The highest BCUT2D eigenvalue weighted by Crippen LogP contribution is 2.24. The van der Waals surface area contributed by atoms with E-state index in [4.69, 9.17) is 17.0 Å². The fourth-order valence-electron chi connectivity index (χ4n) is 2.73. The first-order valence-corrected chi connectivity index (χ1v) is 9.96. The van der Waals surface area contributed by atoms with Gasteiger partial charge in [-0.1, -0.05) is 46.3 Å². The standard InChI is InChI=1S/C22H19BrN2O3S/c1-28-17-10-8-16(9-11-17)24-22(29)20(25-12-4-5-15(13-25)14-26)21(27)18-6-2-3-7-19(18)23/h2-13,26H,14H2,1H3,(H-,24,27,29). The van der Waals surface area contributed by atoms with Crippen molar-refractivity contribution >= 4 is 50.3 Å². The molecule has 29 heavy (non-hydrogen) atoms. The Hall–Kier alpha value is -2.74. The van der Waals surface area contributed by atoms with E-state index in [1.54, 1.807) is 66.5 Å². The second-order valence-electron chi connectivity index (χ2n) is 6.12. The Morgan fingerprint density at radius 1 is 1.14 bits per heavy atom. The van der Waals surface area contributed by atoms with Crippen molar-refractivity contribution < 1.29 is 19.5 Å². The summed E-state index contributed by atoms with van der Waals surface area (Å²) in [5, 5.41) is 26.0. The van der Waals surface area contributed by atoms with Gasteiger partial charge in [-0.3, -0.25) is 0 Å². The summed E-state index contributed by atoms with van der Waals surface area (Å²) in [5.41, 5.74) is 2.16. The largest absolute Gasteiger partial charge is 0.867 e. The fraction of sp³-hybridized carbons (Fsp3) is 0.0909. The summed E-state index contributed by atoms with van der Waals surface area (Å²) >= 11 is 9.04. The zero-order chi connectivity index (χ0) is 20.8. The van der Waals surface area contributed by atoms with Crippen molar-refractivity contribution in [3.05, 3.63) is 88.7 Å². The zero-order valence-electron chi connectivity index (χ0n) is 15.6. The van der Waals surface area contributed by atoms with Crippen LogP contribution in [-0.2, 0) is 6.61 Å². The van der Waals surface area contributed by atoms with E-state index in [1.165, 1.54) is 0 Å². The van der Waals surface area contributed by atoms with Crippen LogP contribution in [0.2, 0.25) is 0 Å². The smallest absolute Gasteiger partial charge is 0.238 e. The van der Waals surface area contributed by atoms with Gasteiger partial charge in [-0.2, -0.15) is 4.57 Å². The molecule has 0 spiro atoms. The number of pyridine rings is 1. The van der Waals surface area contributed by atoms with E-state index < -0.39 is 0 Å². The van der Waals surface area contributed by atoms with Gasteiger partial charge in [0.25, 0.3) is 0 Å². The molecule has 3 rings (SSSR count). The Balaban J connectivity index is 2.07. The zero-order valence-corrected chi connectivity index (χ0v) is 18.0. The average molecular weight is 471 g/mol. The van der Waals surface area contributed by atoms with E-state index in [2.05, 4.69) is 21.2 Å². The van der Waals surface area contributed by atoms with E-state index in [0.29, 0.717) is 15.6 Å². The Kier molecular flexibility index (Phi) is 6.98.